The van der Waals surface area contributed by atoms with Crippen molar-refractivity contribution < 1.29 is 0 Å². The van der Waals surface area contributed by atoms with E-state index in [4.69, 9.17) is 0 Å². The zero-order chi connectivity index (χ0) is 13.8. The molecule has 0 saturated heterocycles. The summed E-state index contributed by atoms with van der Waals surface area (Å²) in [6.45, 7) is 18.0. The molecular formula is C15H33N2P. The lowest BCUT2D eigenvalue weighted by Gasteiger charge is -2.39. The van der Waals surface area contributed by atoms with E-state index < -0.39 is 0 Å². The molecule has 0 atom stereocenters. The minimum absolute atomic E-state index is 0.163. The Morgan fingerprint density at radius 2 is 1.11 bits per heavy atom. The standard InChI is InChI=1S/C15H33N2P/c1-6-11-16(12-7-2)18(15-10-5)17(13-8-3)14-9-4/h10H,5-9,11-15H2,1-4H3. The third-order valence-electron chi connectivity index (χ3n) is 2.87. The van der Waals surface area contributed by atoms with E-state index in [-0.39, 0.29) is 8.22 Å². The van der Waals surface area contributed by atoms with Crippen LogP contribution in [0.25, 0.3) is 0 Å². The summed E-state index contributed by atoms with van der Waals surface area (Å²) in [6.07, 6.45) is 8.27. The SMILES string of the molecule is C=CCP(N(CCC)CCC)N(CCC)CCC. The lowest BCUT2D eigenvalue weighted by molar-refractivity contribution is 0.379. The molecule has 0 N–H and O–H groups in total. The monoisotopic (exact) mass is 272 g/mol. The van der Waals surface area contributed by atoms with Gasteiger partial charge in [-0.05, 0) is 25.7 Å². The molecule has 0 heterocycles. The molecule has 0 aromatic carbocycles. The maximum absolute atomic E-state index is 3.97. The second-order valence-electron chi connectivity index (χ2n) is 4.75. The molecular weight excluding hydrogens is 239 g/mol. The molecule has 0 amide bonds. The van der Waals surface area contributed by atoms with Crippen LogP contribution >= 0.6 is 8.22 Å². The zero-order valence-electron chi connectivity index (χ0n) is 13.0. The molecule has 3 heteroatoms. The van der Waals surface area contributed by atoms with Gasteiger partial charge in [0.1, 0.15) is 0 Å². The third kappa shape index (κ3) is 6.87. The van der Waals surface area contributed by atoms with Crippen LogP contribution in [0.5, 0.6) is 0 Å². The minimum atomic E-state index is -0.163. The van der Waals surface area contributed by atoms with Crippen molar-refractivity contribution in [1.82, 2.24) is 9.34 Å². The van der Waals surface area contributed by atoms with Crippen LogP contribution in [-0.2, 0) is 0 Å². The Kier molecular flexibility index (Phi) is 12.2. The second kappa shape index (κ2) is 12.1. The molecule has 0 radical (unpaired) electrons. The van der Waals surface area contributed by atoms with Gasteiger partial charge in [0, 0.05) is 40.6 Å². The van der Waals surface area contributed by atoms with Crippen molar-refractivity contribution >= 4 is 8.22 Å². The van der Waals surface area contributed by atoms with Crippen LogP contribution in [-0.4, -0.2) is 41.7 Å². The molecule has 0 bridgehead atoms. The van der Waals surface area contributed by atoms with E-state index >= 15 is 0 Å². The summed E-state index contributed by atoms with van der Waals surface area (Å²) in [6, 6.07) is 0. The van der Waals surface area contributed by atoms with E-state index in [9.17, 15) is 0 Å². The van der Waals surface area contributed by atoms with Crippen LogP contribution in [0.3, 0.4) is 0 Å². The van der Waals surface area contributed by atoms with Crippen molar-refractivity contribution in [3.05, 3.63) is 12.7 Å². The molecule has 0 aliphatic rings. The van der Waals surface area contributed by atoms with Crippen molar-refractivity contribution in [1.29, 1.82) is 0 Å². The molecule has 0 aromatic heterocycles. The first-order chi connectivity index (χ1) is 8.74. The quantitative estimate of drug-likeness (QED) is 0.374. The molecule has 0 unspecified atom stereocenters. The first-order valence-electron chi connectivity index (χ1n) is 7.63. The second-order valence-corrected chi connectivity index (χ2v) is 6.99. The molecule has 0 aromatic rings. The van der Waals surface area contributed by atoms with Gasteiger partial charge in [-0.25, -0.2) is 0 Å². The van der Waals surface area contributed by atoms with Crippen LogP contribution in [0.1, 0.15) is 53.4 Å². The van der Waals surface area contributed by atoms with Gasteiger partial charge in [0.2, 0.25) is 0 Å². The highest BCUT2D eigenvalue weighted by molar-refractivity contribution is 7.52. The van der Waals surface area contributed by atoms with Gasteiger partial charge in [-0.15, -0.1) is 6.58 Å². The van der Waals surface area contributed by atoms with E-state index in [1.807, 2.05) is 0 Å². The smallest absolute Gasteiger partial charge is 0.0434 e. The molecule has 0 spiro atoms. The number of hydrogen-bond acceptors (Lipinski definition) is 2. The van der Waals surface area contributed by atoms with Crippen molar-refractivity contribution in [3.63, 3.8) is 0 Å². The van der Waals surface area contributed by atoms with Crippen molar-refractivity contribution in [3.8, 4) is 0 Å². The van der Waals surface area contributed by atoms with Crippen LogP contribution < -0.4 is 0 Å². The zero-order valence-corrected chi connectivity index (χ0v) is 13.9. The Balaban J connectivity index is 4.75. The first kappa shape index (κ1) is 18.1. The van der Waals surface area contributed by atoms with E-state index in [1.54, 1.807) is 0 Å². The topological polar surface area (TPSA) is 6.48 Å². The highest BCUT2D eigenvalue weighted by Crippen LogP contribution is 2.44. The fourth-order valence-corrected chi connectivity index (χ4v) is 5.02. The van der Waals surface area contributed by atoms with Gasteiger partial charge in [-0.1, -0.05) is 33.8 Å². The maximum Gasteiger partial charge on any atom is 0.0434 e. The van der Waals surface area contributed by atoms with Gasteiger partial charge in [-0.3, -0.25) is 9.34 Å². The number of allylic oxidation sites excluding steroid dienone is 1. The fraction of sp³-hybridized carbons (Fsp3) is 0.867. The Bertz CT molecular complexity index is 169. The molecule has 0 aliphatic heterocycles. The van der Waals surface area contributed by atoms with Crippen LogP contribution in [0.4, 0.5) is 0 Å². The predicted octanol–water partition coefficient (Wildman–Crippen LogP) is 4.73. The Labute approximate surface area is 116 Å². The molecule has 2 nitrogen and oxygen atoms in total. The molecule has 108 valence electrons. The van der Waals surface area contributed by atoms with Gasteiger partial charge in [-0.2, -0.15) is 0 Å². The Morgan fingerprint density at radius 3 is 1.33 bits per heavy atom. The minimum Gasteiger partial charge on any atom is -0.270 e. The Hall–Kier alpha value is 0.0900. The molecule has 0 rings (SSSR count). The van der Waals surface area contributed by atoms with Crippen LogP contribution in [0.15, 0.2) is 12.7 Å². The van der Waals surface area contributed by atoms with Gasteiger partial charge < -0.3 is 0 Å². The number of rotatable bonds is 12. The van der Waals surface area contributed by atoms with E-state index in [1.165, 1.54) is 51.9 Å². The van der Waals surface area contributed by atoms with Crippen LogP contribution in [0, 0.1) is 0 Å². The van der Waals surface area contributed by atoms with Crippen molar-refractivity contribution in [2.75, 3.05) is 32.3 Å². The summed E-state index contributed by atoms with van der Waals surface area (Å²) in [5.74, 6) is 0. The molecule has 18 heavy (non-hydrogen) atoms. The van der Waals surface area contributed by atoms with E-state index in [2.05, 4.69) is 49.7 Å². The number of nitrogens with zero attached hydrogens (tertiary/aromatic N) is 2. The summed E-state index contributed by atoms with van der Waals surface area (Å²) in [7, 11) is -0.163. The summed E-state index contributed by atoms with van der Waals surface area (Å²) in [5, 5.41) is 0. The largest absolute Gasteiger partial charge is 0.270 e. The molecule has 0 fully saturated rings. The average Bonchev–Trinajstić information content (AvgIpc) is 2.36. The normalized spacial score (nSPS) is 11.7. The first-order valence-corrected chi connectivity index (χ1v) is 9.06. The maximum atomic E-state index is 3.97. The Morgan fingerprint density at radius 1 is 0.778 bits per heavy atom. The molecule has 0 saturated carbocycles. The fourth-order valence-electron chi connectivity index (χ4n) is 2.24. The summed E-state index contributed by atoms with van der Waals surface area (Å²) in [5.41, 5.74) is 0. The van der Waals surface area contributed by atoms with Gasteiger partial charge in [0.15, 0.2) is 0 Å². The van der Waals surface area contributed by atoms with Crippen molar-refractivity contribution in [2.24, 2.45) is 0 Å². The highest BCUT2D eigenvalue weighted by Gasteiger charge is 2.22. The molecule has 0 aliphatic carbocycles. The number of hydrogen-bond donors (Lipinski definition) is 0. The van der Waals surface area contributed by atoms with E-state index in [0.29, 0.717) is 0 Å². The van der Waals surface area contributed by atoms with Gasteiger partial charge in [0.05, 0.1) is 0 Å². The van der Waals surface area contributed by atoms with Crippen LogP contribution in [0.2, 0.25) is 0 Å². The average molecular weight is 272 g/mol. The highest BCUT2D eigenvalue weighted by atomic mass is 31.1. The van der Waals surface area contributed by atoms with E-state index in [0.717, 1.165) is 6.16 Å². The summed E-state index contributed by atoms with van der Waals surface area (Å²) in [4.78, 5) is 0. The third-order valence-corrected chi connectivity index (χ3v) is 5.56. The summed E-state index contributed by atoms with van der Waals surface area (Å²) < 4.78 is 5.42. The van der Waals surface area contributed by atoms with Gasteiger partial charge in [0.25, 0.3) is 0 Å². The summed E-state index contributed by atoms with van der Waals surface area (Å²) >= 11 is 0. The van der Waals surface area contributed by atoms with Gasteiger partial charge >= 0.3 is 0 Å². The lowest BCUT2D eigenvalue weighted by Crippen LogP contribution is -2.32. The van der Waals surface area contributed by atoms with Crippen molar-refractivity contribution in [2.45, 2.75) is 53.4 Å². The predicted molar refractivity (Wildman–Crippen MR) is 86.3 cm³/mol. The lowest BCUT2D eigenvalue weighted by atomic mass is 10.4.